The average Bonchev–Trinajstić information content (AvgIpc) is 2.22. The lowest BCUT2D eigenvalue weighted by atomic mass is 9.82. The van der Waals surface area contributed by atoms with Crippen molar-refractivity contribution < 1.29 is 4.74 Å². The minimum Gasteiger partial charge on any atom is -0.457 e. The Labute approximate surface area is 66.6 Å². The number of aliphatic imine (C=N–C) groups is 1. The predicted octanol–water partition coefficient (Wildman–Crippen LogP) is 1.03. The molecule has 3 nitrogen and oxygen atoms in total. The number of ether oxygens (including phenoxy) is 1. The fraction of sp³-hybridized carbons (Fsp3) is 0.875. The standard InChI is InChI=1S/C8H14N2O/c1-8-5-3-2-4-6(8)10-7(9)11-8/h6H,2-5H2,1H3,(H2,9,10)/t6-,8+/m0/s1. The Morgan fingerprint density at radius 1 is 1.64 bits per heavy atom. The summed E-state index contributed by atoms with van der Waals surface area (Å²) in [5.41, 5.74) is 5.44. The summed E-state index contributed by atoms with van der Waals surface area (Å²) in [7, 11) is 0. The van der Waals surface area contributed by atoms with Crippen molar-refractivity contribution >= 4 is 6.02 Å². The zero-order chi connectivity index (χ0) is 7.90. The highest BCUT2D eigenvalue weighted by Crippen LogP contribution is 2.36. The van der Waals surface area contributed by atoms with Gasteiger partial charge in [0.25, 0.3) is 6.02 Å². The largest absolute Gasteiger partial charge is 0.457 e. The van der Waals surface area contributed by atoms with Crippen LogP contribution in [-0.2, 0) is 4.74 Å². The van der Waals surface area contributed by atoms with Crippen LogP contribution >= 0.6 is 0 Å². The average molecular weight is 154 g/mol. The molecule has 0 aromatic heterocycles. The molecule has 3 heteroatoms. The zero-order valence-electron chi connectivity index (χ0n) is 6.84. The lowest BCUT2D eigenvalue weighted by molar-refractivity contribution is 0.0428. The molecular formula is C8H14N2O. The van der Waals surface area contributed by atoms with Crippen LogP contribution in [-0.4, -0.2) is 17.7 Å². The Balaban J connectivity index is 2.18. The third-order valence-electron chi connectivity index (χ3n) is 2.73. The first-order valence-electron chi connectivity index (χ1n) is 4.23. The molecule has 2 rings (SSSR count). The van der Waals surface area contributed by atoms with Gasteiger partial charge >= 0.3 is 0 Å². The Kier molecular flexibility index (Phi) is 1.34. The third-order valence-corrected chi connectivity index (χ3v) is 2.73. The van der Waals surface area contributed by atoms with Crippen molar-refractivity contribution in [3.8, 4) is 0 Å². The number of nitrogens with two attached hydrogens (primary N) is 1. The first-order valence-corrected chi connectivity index (χ1v) is 4.23. The van der Waals surface area contributed by atoms with Crippen LogP contribution in [0, 0.1) is 0 Å². The normalized spacial score (nSPS) is 42.6. The maximum absolute atomic E-state index is 5.51. The van der Waals surface area contributed by atoms with E-state index in [1.165, 1.54) is 12.8 Å². The van der Waals surface area contributed by atoms with E-state index in [1.807, 2.05) is 0 Å². The molecule has 0 amide bonds. The lowest BCUT2D eigenvalue weighted by Crippen LogP contribution is -2.40. The van der Waals surface area contributed by atoms with Crippen LogP contribution in [0.2, 0.25) is 0 Å². The Morgan fingerprint density at radius 2 is 2.45 bits per heavy atom. The second kappa shape index (κ2) is 2.13. The number of hydrogen-bond acceptors (Lipinski definition) is 3. The van der Waals surface area contributed by atoms with E-state index in [9.17, 15) is 0 Å². The van der Waals surface area contributed by atoms with Crippen molar-refractivity contribution in [3.05, 3.63) is 0 Å². The minimum absolute atomic E-state index is 0.0671. The van der Waals surface area contributed by atoms with Crippen molar-refractivity contribution in [2.75, 3.05) is 0 Å². The molecule has 0 aromatic rings. The third kappa shape index (κ3) is 0.988. The molecule has 11 heavy (non-hydrogen) atoms. The van der Waals surface area contributed by atoms with Crippen LogP contribution in [0.3, 0.4) is 0 Å². The summed E-state index contributed by atoms with van der Waals surface area (Å²) in [5, 5.41) is 0. The highest BCUT2D eigenvalue weighted by Gasteiger charge is 2.43. The number of fused-ring (bicyclic) bond motifs is 1. The van der Waals surface area contributed by atoms with Gasteiger partial charge < -0.3 is 10.5 Å². The Morgan fingerprint density at radius 3 is 3.18 bits per heavy atom. The first kappa shape index (κ1) is 6.95. The molecule has 1 heterocycles. The number of amidine groups is 1. The van der Waals surface area contributed by atoms with Gasteiger partial charge in [0, 0.05) is 0 Å². The van der Waals surface area contributed by atoms with Gasteiger partial charge in [0.15, 0.2) is 0 Å². The molecule has 1 fully saturated rings. The molecular weight excluding hydrogens is 140 g/mol. The number of hydrogen-bond donors (Lipinski definition) is 1. The summed E-state index contributed by atoms with van der Waals surface area (Å²) >= 11 is 0. The maximum atomic E-state index is 5.51. The summed E-state index contributed by atoms with van der Waals surface area (Å²) in [6, 6.07) is 0.718. The Bertz CT molecular complexity index is 202. The summed E-state index contributed by atoms with van der Waals surface area (Å²) in [4.78, 5) is 4.25. The maximum Gasteiger partial charge on any atom is 0.282 e. The summed E-state index contributed by atoms with van der Waals surface area (Å²) in [6.45, 7) is 2.11. The van der Waals surface area contributed by atoms with E-state index in [1.54, 1.807) is 0 Å². The van der Waals surface area contributed by atoms with E-state index in [-0.39, 0.29) is 5.60 Å². The van der Waals surface area contributed by atoms with Gasteiger partial charge in [0.1, 0.15) is 5.60 Å². The van der Waals surface area contributed by atoms with Gasteiger partial charge in [-0.15, -0.1) is 0 Å². The monoisotopic (exact) mass is 154 g/mol. The summed E-state index contributed by atoms with van der Waals surface area (Å²) < 4.78 is 5.48. The van der Waals surface area contributed by atoms with Gasteiger partial charge in [-0.3, -0.25) is 0 Å². The van der Waals surface area contributed by atoms with E-state index < -0.39 is 0 Å². The highest BCUT2D eigenvalue weighted by atomic mass is 16.5. The fourth-order valence-electron chi connectivity index (χ4n) is 2.02. The van der Waals surface area contributed by atoms with Crippen molar-refractivity contribution in [2.24, 2.45) is 10.7 Å². The van der Waals surface area contributed by atoms with Crippen LogP contribution in [0.5, 0.6) is 0 Å². The van der Waals surface area contributed by atoms with Gasteiger partial charge in [-0.2, -0.15) is 0 Å². The van der Waals surface area contributed by atoms with E-state index in [0.717, 1.165) is 12.8 Å². The molecule has 1 aliphatic carbocycles. The molecule has 0 radical (unpaired) electrons. The molecule has 0 bridgehead atoms. The smallest absolute Gasteiger partial charge is 0.282 e. The van der Waals surface area contributed by atoms with Gasteiger partial charge in [-0.05, 0) is 26.2 Å². The molecule has 2 N–H and O–H groups in total. The second-order valence-corrected chi connectivity index (χ2v) is 3.64. The fourth-order valence-corrected chi connectivity index (χ4v) is 2.02. The van der Waals surface area contributed by atoms with Crippen LogP contribution < -0.4 is 5.73 Å². The molecule has 0 spiro atoms. The van der Waals surface area contributed by atoms with Crippen molar-refractivity contribution in [3.63, 3.8) is 0 Å². The molecule has 0 aromatic carbocycles. The van der Waals surface area contributed by atoms with E-state index >= 15 is 0 Å². The van der Waals surface area contributed by atoms with Crippen LogP contribution in [0.4, 0.5) is 0 Å². The highest BCUT2D eigenvalue weighted by molar-refractivity contribution is 5.74. The molecule has 1 saturated carbocycles. The molecule has 2 atom stereocenters. The first-order chi connectivity index (χ1) is 5.21. The minimum atomic E-state index is -0.0671. The topological polar surface area (TPSA) is 47.6 Å². The Hall–Kier alpha value is -0.730. The zero-order valence-corrected chi connectivity index (χ0v) is 6.84. The summed E-state index contributed by atoms with van der Waals surface area (Å²) in [6.07, 6.45) is 4.75. The van der Waals surface area contributed by atoms with E-state index in [0.29, 0.717) is 12.1 Å². The van der Waals surface area contributed by atoms with Gasteiger partial charge in [-0.1, -0.05) is 6.42 Å². The molecule has 62 valence electrons. The van der Waals surface area contributed by atoms with Gasteiger partial charge in [0.2, 0.25) is 0 Å². The SMILES string of the molecule is C[C@@]12CCCC[C@@H]1N=C(N)O2. The van der Waals surface area contributed by atoms with Gasteiger partial charge in [-0.25, -0.2) is 4.99 Å². The lowest BCUT2D eigenvalue weighted by Gasteiger charge is -2.32. The molecule has 1 aliphatic heterocycles. The van der Waals surface area contributed by atoms with E-state index in [4.69, 9.17) is 10.5 Å². The number of rotatable bonds is 0. The summed E-state index contributed by atoms with van der Waals surface area (Å²) in [5.74, 6) is 0. The van der Waals surface area contributed by atoms with Crippen molar-refractivity contribution in [1.82, 2.24) is 0 Å². The van der Waals surface area contributed by atoms with Crippen LogP contribution in [0.15, 0.2) is 4.99 Å². The second-order valence-electron chi connectivity index (χ2n) is 3.64. The van der Waals surface area contributed by atoms with Crippen molar-refractivity contribution in [1.29, 1.82) is 0 Å². The molecule has 0 saturated heterocycles. The molecule has 0 unspecified atom stereocenters. The van der Waals surface area contributed by atoms with E-state index in [2.05, 4.69) is 11.9 Å². The molecule has 2 aliphatic rings. The van der Waals surface area contributed by atoms with Gasteiger partial charge in [0.05, 0.1) is 6.04 Å². The predicted molar refractivity (Wildman–Crippen MR) is 43.4 cm³/mol. The van der Waals surface area contributed by atoms with Crippen LogP contribution in [0.1, 0.15) is 32.6 Å². The van der Waals surface area contributed by atoms with Crippen molar-refractivity contribution in [2.45, 2.75) is 44.2 Å². The van der Waals surface area contributed by atoms with Crippen LogP contribution in [0.25, 0.3) is 0 Å². The quantitative estimate of drug-likeness (QED) is 0.566. The number of nitrogens with zero attached hydrogens (tertiary/aromatic N) is 1.